The van der Waals surface area contributed by atoms with E-state index in [4.69, 9.17) is 14.2 Å². The first-order valence-corrected chi connectivity index (χ1v) is 9.49. The molecule has 0 aromatic heterocycles. The zero-order valence-electron chi connectivity index (χ0n) is 16.9. The molecule has 0 spiro atoms. The summed E-state index contributed by atoms with van der Waals surface area (Å²) in [5.41, 5.74) is 1.73. The number of para-hydroxylation sites is 2. The molecule has 1 aliphatic rings. The van der Waals surface area contributed by atoms with E-state index in [0.717, 1.165) is 12.2 Å². The molecule has 0 aliphatic carbocycles. The van der Waals surface area contributed by atoms with E-state index in [1.807, 2.05) is 18.2 Å². The van der Waals surface area contributed by atoms with Crippen LogP contribution in [0.5, 0.6) is 17.2 Å². The fourth-order valence-corrected chi connectivity index (χ4v) is 3.17. The van der Waals surface area contributed by atoms with E-state index in [-0.39, 0.29) is 48.1 Å². The van der Waals surface area contributed by atoms with Crippen molar-refractivity contribution in [3.8, 4) is 17.2 Å². The lowest BCUT2D eigenvalue weighted by atomic mass is 10.1. The lowest BCUT2D eigenvalue weighted by molar-refractivity contribution is -0.0520. The first-order valence-electron chi connectivity index (χ1n) is 9.49. The fraction of sp³-hybridized carbons (Fsp3) is 0.381. The highest BCUT2D eigenvalue weighted by molar-refractivity contribution is 14.0. The molecule has 0 bridgehead atoms. The summed E-state index contributed by atoms with van der Waals surface area (Å²) in [5, 5.41) is 6.33. The number of nitrogens with zero attached hydrogens (tertiary/aromatic N) is 1. The Morgan fingerprint density at radius 1 is 1.20 bits per heavy atom. The van der Waals surface area contributed by atoms with Gasteiger partial charge < -0.3 is 24.8 Å². The van der Waals surface area contributed by atoms with Crippen LogP contribution in [0.2, 0.25) is 0 Å². The van der Waals surface area contributed by atoms with Gasteiger partial charge in [0.15, 0.2) is 17.5 Å². The van der Waals surface area contributed by atoms with E-state index in [2.05, 4.69) is 21.7 Å². The van der Waals surface area contributed by atoms with Crippen molar-refractivity contribution in [2.75, 3.05) is 20.2 Å². The van der Waals surface area contributed by atoms with Gasteiger partial charge in [0.25, 0.3) is 0 Å². The number of hydrogen-bond donors (Lipinski definition) is 2. The molecule has 2 aromatic carbocycles. The van der Waals surface area contributed by atoms with Gasteiger partial charge >= 0.3 is 6.61 Å². The molecule has 0 radical (unpaired) electrons. The summed E-state index contributed by atoms with van der Waals surface area (Å²) in [4.78, 5) is 4.18. The second-order valence-electron chi connectivity index (χ2n) is 6.41. The van der Waals surface area contributed by atoms with Crippen molar-refractivity contribution in [1.82, 2.24) is 10.6 Å². The van der Waals surface area contributed by atoms with E-state index in [1.165, 1.54) is 5.56 Å². The zero-order chi connectivity index (χ0) is 20.6. The number of alkyl halides is 2. The zero-order valence-corrected chi connectivity index (χ0v) is 19.2. The third-order valence-electron chi connectivity index (χ3n) is 4.45. The minimum absolute atomic E-state index is 0. The van der Waals surface area contributed by atoms with Crippen LogP contribution in [0.25, 0.3) is 0 Å². The Kier molecular flexibility index (Phi) is 9.41. The maximum atomic E-state index is 12.8. The van der Waals surface area contributed by atoms with Crippen molar-refractivity contribution in [2.24, 2.45) is 4.99 Å². The molecule has 9 heteroatoms. The van der Waals surface area contributed by atoms with Crippen molar-refractivity contribution in [2.45, 2.75) is 32.6 Å². The van der Waals surface area contributed by atoms with Crippen molar-refractivity contribution in [1.29, 1.82) is 0 Å². The van der Waals surface area contributed by atoms with E-state index in [1.54, 1.807) is 32.2 Å². The maximum Gasteiger partial charge on any atom is 0.387 e. The predicted molar refractivity (Wildman–Crippen MR) is 122 cm³/mol. The smallest absolute Gasteiger partial charge is 0.387 e. The molecule has 0 saturated carbocycles. The number of guanidine groups is 1. The van der Waals surface area contributed by atoms with Crippen molar-refractivity contribution >= 4 is 29.9 Å². The van der Waals surface area contributed by atoms with Gasteiger partial charge in [0.1, 0.15) is 11.9 Å². The van der Waals surface area contributed by atoms with Crippen LogP contribution in [-0.2, 0) is 13.0 Å². The number of halogens is 3. The molecule has 164 valence electrons. The summed E-state index contributed by atoms with van der Waals surface area (Å²) < 4.78 is 41.7. The van der Waals surface area contributed by atoms with Crippen LogP contribution >= 0.6 is 24.0 Å². The number of benzene rings is 2. The van der Waals surface area contributed by atoms with Crippen molar-refractivity contribution in [3.05, 3.63) is 53.6 Å². The Balaban J connectivity index is 0.00000320. The molecule has 6 nitrogen and oxygen atoms in total. The average Bonchev–Trinajstić information content (AvgIpc) is 3.13. The third-order valence-corrected chi connectivity index (χ3v) is 4.45. The van der Waals surface area contributed by atoms with Crippen LogP contribution in [0.4, 0.5) is 8.78 Å². The second-order valence-corrected chi connectivity index (χ2v) is 6.41. The monoisotopic (exact) mass is 533 g/mol. The topological polar surface area (TPSA) is 64.1 Å². The molecule has 1 unspecified atom stereocenters. The van der Waals surface area contributed by atoms with E-state index in [0.29, 0.717) is 24.7 Å². The molecule has 1 atom stereocenters. The average molecular weight is 533 g/mol. The first-order chi connectivity index (χ1) is 14.1. The first kappa shape index (κ1) is 24.0. The van der Waals surface area contributed by atoms with Crippen LogP contribution in [0.1, 0.15) is 18.1 Å². The molecule has 2 aromatic rings. The van der Waals surface area contributed by atoms with Gasteiger partial charge in [0.2, 0.25) is 0 Å². The van der Waals surface area contributed by atoms with E-state index in [9.17, 15) is 8.78 Å². The molecular weight excluding hydrogens is 507 g/mol. The predicted octanol–water partition coefficient (Wildman–Crippen LogP) is 3.97. The summed E-state index contributed by atoms with van der Waals surface area (Å²) in [6, 6.07) is 13.0. The summed E-state index contributed by atoms with van der Waals surface area (Å²) in [5.74, 6) is 1.76. The van der Waals surface area contributed by atoms with Crippen molar-refractivity contribution in [3.63, 3.8) is 0 Å². The summed E-state index contributed by atoms with van der Waals surface area (Å²) in [6.07, 6.45) is 0.827. The van der Waals surface area contributed by atoms with Gasteiger partial charge in [-0.15, -0.1) is 24.0 Å². The summed E-state index contributed by atoms with van der Waals surface area (Å²) in [6.45, 7) is 0.00612. The Bertz CT molecular complexity index is 827. The van der Waals surface area contributed by atoms with Gasteiger partial charge in [-0.2, -0.15) is 8.78 Å². The van der Waals surface area contributed by atoms with Gasteiger partial charge in [-0.25, -0.2) is 0 Å². The van der Waals surface area contributed by atoms with E-state index >= 15 is 0 Å². The van der Waals surface area contributed by atoms with Crippen molar-refractivity contribution < 1.29 is 23.0 Å². The Morgan fingerprint density at radius 3 is 2.70 bits per heavy atom. The fourth-order valence-electron chi connectivity index (χ4n) is 3.17. The molecule has 0 fully saturated rings. The Hall–Kier alpha value is -2.30. The van der Waals surface area contributed by atoms with Crippen LogP contribution in [-0.4, -0.2) is 38.9 Å². The van der Waals surface area contributed by atoms with Crippen LogP contribution < -0.4 is 24.8 Å². The number of ether oxygens (including phenoxy) is 3. The van der Waals surface area contributed by atoms with E-state index < -0.39 is 6.61 Å². The number of nitrogens with one attached hydrogen (secondary N) is 2. The molecule has 0 saturated heterocycles. The Labute approximate surface area is 192 Å². The molecule has 3 rings (SSSR count). The molecule has 0 amide bonds. The minimum atomic E-state index is -2.94. The molecule has 1 aliphatic heterocycles. The van der Waals surface area contributed by atoms with Crippen LogP contribution in [0, 0.1) is 0 Å². The van der Waals surface area contributed by atoms with Crippen LogP contribution in [0.3, 0.4) is 0 Å². The third kappa shape index (κ3) is 6.35. The highest BCUT2D eigenvalue weighted by Gasteiger charge is 2.22. The lowest BCUT2D eigenvalue weighted by Crippen LogP contribution is -2.42. The molecule has 1 heterocycles. The Morgan fingerprint density at radius 2 is 2.00 bits per heavy atom. The van der Waals surface area contributed by atoms with Crippen LogP contribution in [0.15, 0.2) is 47.5 Å². The van der Waals surface area contributed by atoms with Gasteiger partial charge in [0, 0.05) is 25.6 Å². The van der Waals surface area contributed by atoms with Gasteiger partial charge in [-0.1, -0.05) is 30.3 Å². The SMILES string of the molecule is CCOc1cccc(CNC(=NC)NCC2Cc3ccccc3O2)c1OC(F)F.I. The lowest BCUT2D eigenvalue weighted by Gasteiger charge is -2.18. The molecule has 2 N–H and O–H groups in total. The number of rotatable bonds is 8. The van der Waals surface area contributed by atoms with Gasteiger partial charge in [-0.05, 0) is 24.6 Å². The summed E-state index contributed by atoms with van der Waals surface area (Å²) in [7, 11) is 1.65. The summed E-state index contributed by atoms with van der Waals surface area (Å²) >= 11 is 0. The second kappa shape index (κ2) is 11.8. The van der Waals surface area contributed by atoms with Gasteiger partial charge in [0.05, 0.1) is 13.2 Å². The maximum absolute atomic E-state index is 12.8. The number of aliphatic imine (C=N–C) groups is 1. The highest BCUT2D eigenvalue weighted by atomic mass is 127. The molecule has 30 heavy (non-hydrogen) atoms. The standard InChI is InChI=1S/C21H25F2N3O3.HI/c1-3-27-18-10-6-8-15(19(18)29-20(22)23)12-25-21(24-2)26-13-16-11-14-7-4-5-9-17(14)28-16;/h4-10,16,20H,3,11-13H2,1-2H3,(H2,24,25,26);1H. The van der Waals surface area contributed by atoms with Gasteiger partial charge in [-0.3, -0.25) is 4.99 Å². The normalized spacial score (nSPS) is 15.1. The largest absolute Gasteiger partial charge is 0.490 e. The number of hydrogen-bond acceptors (Lipinski definition) is 4. The molecular formula is C21H26F2IN3O3. The minimum Gasteiger partial charge on any atom is -0.490 e. The quantitative estimate of drug-likeness (QED) is 0.306. The highest BCUT2D eigenvalue weighted by Crippen LogP contribution is 2.32. The number of fused-ring (bicyclic) bond motifs is 1.